The fraction of sp³-hybridized carbons (Fsp3) is 0.549. The predicted octanol–water partition coefficient (Wildman–Crippen LogP) is 4.02. The molecule has 0 fully saturated rings. The van der Waals surface area contributed by atoms with E-state index in [1.165, 1.54) is 133 Å². The van der Waals surface area contributed by atoms with Gasteiger partial charge < -0.3 is 100 Å². The molecule has 0 aliphatic rings. The number of rotatable bonds is 59. The van der Waals surface area contributed by atoms with E-state index < -0.39 is 169 Å². The highest BCUT2D eigenvalue weighted by Gasteiger charge is 2.39. The first-order valence-electron chi connectivity index (χ1n) is 43.6. The van der Waals surface area contributed by atoms with E-state index in [0.29, 0.717) is 41.5 Å². The Morgan fingerprint density at radius 2 is 0.760 bits per heavy atom. The van der Waals surface area contributed by atoms with Crippen LogP contribution in [0.15, 0.2) is 122 Å². The fourth-order valence-electron chi connectivity index (χ4n) is 13.9. The molecular formula is C91H133N15O19. The number of nitrogens with one attached hydrogen (secondary N) is 13. The average molecular weight is 1740 g/mol. The van der Waals surface area contributed by atoms with Crippen molar-refractivity contribution in [2.45, 2.75) is 295 Å². The smallest absolute Gasteiger partial charge is 0.326 e. The summed E-state index contributed by atoms with van der Waals surface area (Å²) in [5.41, 5.74) is 7.91. The molecule has 0 unspecified atom stereocenters. The molecule has 0 aliphatic carbocycles. The normalized spacial score (nSPS) is 14.6. The van der Waals surface area contributed by atoms with Crippen LogP contribution in [0.25, 0.3) is 0 Å². The van der Waals surface area contributed by atoms with Crippen molar-refractivity contribution in [2.24, 2.45) is 17.6 Å². The number of carbonyl (C=O) groups excluding carboxylic acids is 13. The number of carbonyl (C=O) groups is 14. The third-order valence-electron chi connectivity index (χ3n) is 21.1. The van der Waals surface area contributed by atoms with Crippen LogP contribution in [-0.2, 0) is 88.0 Å². The molecule has 34 heteroatoms. The second kappa shape index (κ2) is 55.7. The monoisotopic (exact) mass is 1740 g/mol. The molecule has 5 rings (SSSR count). The number of aromatic hydroxyl groups is 1. The number of aromatic nitrogens is 2. The van der Waals surface area contributed by atoms with Gasteiger partial charge in [0.25, 0.3) is 0 Å². The van der Waals surface area contributed by atoms with Crippen LogP contribution in [0.3, 0.4) is 0 Å². The number of phenols is 1. The number of imidazole rings is 1. The van der Waals surface area contributed by atoms with Gasteiger partial charge in [-0.1, -0.05) is 209 Å². The molecule has 0 radical (unpaired) electrons. The van der Waals surface area contributed by atoms with Crippen LogP contribution in [0.4, 0.5) is 0 Å². The number of amides is 12. The molecule has 1 heterocycles. The van der Waals surface area contributed by atoms with E-state index in [-0.39, 0.29) is 92.0 Å². The molecule has 0 saturated heterocycles. The molecular weight excluding hydrogens is 1610 g/mol. The maximum absolute atomic E-state index is 15.1. The highest BCUT2D eigenvalue weighted by atomic mass is 16.4. The van der Waals surface area contributed by atoms with Crippen LogP contribution < -0.4 is 69.5 Å². The number of ketones is 1. The summed E-state index contributed by atoms with van der Waals surface area (Å²) in [6.45, 7) is 13.5. The van der Waals surface area contributed by atoms with Crippen molar-refractivity contribution in [3.8, 4) is 5.75 Å². The van der Waals surface area contributed by atoms with Gasteiger partial charge in [-0.05, 0) is 113 Å². The number of benzene rings is 4. The zero-order valence-electron chi connectivity index (χ0n) is 73.4. The van der Waals surface area contributed by atoms with Crippen LogP contribution in [-0.4, -0.2) is 216 Å². The lowest BCUT2D eigenvalue weighted by molar-refractivity contribution is -0.142. The number of unbranched alkanes of at least 4 members (excludes halogenated alkanes) is 13. The number of phenolic OH excluding ortho intramolecular Hbond substituents is 1. The minimum Gasteiger partial charge on any atom is -0.508 e. The number of carboxylic acid groups (broad SMARTS) is 1. The van der Waals surface area contributed by atoms with Crippen molar-refractivity contribution in [3.05, 3.63) is 155 Å². The Kier molecular flexibility index (Phi) is 46.4. The number of nitrogens with zero attached hydrogens (tertiary/aromatic N) is 1. The van der Waals surface area contributed by atoms with E-state index in [1.54, 1.807) is 74.5 Å². The second-order valence-corrected chi connectivity index (χ2v) is 33.0. The number of aliphatic carboxylic acids is 1. The van der Waals surface area contributed by atoms with Gasteiger partial charge in [0.2, 0.25) is 70.9 Å². The highest BCUT2D eigenvalue weighted by Crippen LogP contribution is 2.19. The topological polar surface area (TPSA) is 539 Å². The van der Waals surface area contributed by atoms with Crippen LogP contribution in [0.2, 0.25) is 0 Å². The molecule has 4 aromatic carbocycles. The van der Waals surface area contributed by atoms with Gasteiger partial charge in [0.15, 0.2) is 5.78 Å². The van der Waals surface area contributed by atoms with Crippen molar-refractivity contribution in [2.75, 3.05) is 13.2 Å². The zero-order chi connectivity index (χ0) is 92.1. The van der Waals surface area contributed by atoms with Crippen molar-refractivity contribution < 1.29 is 92.7 Å². The Bertz CT molecular complexity index is 4210. The van der Waals surface area contributed by atoms with Crippen LogP contribution >= 0.6 is 0 Å². The van der Waals surface area contributed by atoms with Crippen LogP contribution in [0.5, 0.6) is 5.75 Å². The first-order valence-corrected chi connectivity index (χ1v) is 43.6. The minimum atomic E-state index is -1.97. The third-order valence-corrected chi connectivity index (χ3v) is 21.1. The number of aromatic amines is 1. The predicted molar refractivity (Wildman–Crippen MR) is 469 cm³/mol. The van der Waals surface area contributed by atoms with Gasteiger partial charge in [-0.2, -0.15) is 0 Å². The van der Waals surface area contributed by atoms with Gasteiger partial charge in [0.05, 0.1) is 25.1 Å². The van der Waals surface area contributed by atoms with E-state index >= 15 is 4.79 Å². The zero-order valence-corrected chi connectivity index (χ0v) is 73.4. The summed E-state index contributed by atoms with van der Waals surface area (Å²) in [4.78, 5) is 204. The van der Waals surface area contributed by atoms with Gasteiger partial charge >= 0.3 is 5.97 Å². The molecule has 686 valence electrons. The van der Waals surface area contributed by atoms with Crippen molar-refractivity contribution in [1.29, 1.82) is 0 Å². The molecule has 125 heavy (non-hydrogen) atoms. The molecule has 5 aromatic rings. The number of nitrogens with two attached hydrogens (primary N) is 1. The Hall–Kier alpha value is -11.5. The standard InChI is InChI=1S/C91H133N15O19/c1-10-11-12-13-14-15-16-17-18-19-20-21-28-36-76(111)97-69(46-55(2)3)86(119)105-77(59(8)108)89(122)102-70(50-63-39-43-67(110)44-40-63)83(116)96-57(6)80(113)99-71(49-62-37-41-65(42-38-62)79(112)64-33-26-23-27-34-64)85(118)101-73(51-66-52-93-54-94-66)87(120)106-78(60(9)109)90(123)104-75(53-107)88(121)100-72(48-61-31-24-22-25-32-61)84(117)98-68(35-29-30-45-92)82(115)95-58(7)81(114)103-74(91(124)125)47-56(4)5/h22-27,31-34,37-44,52,54-60,68-75,77-78,107-110H,10-21,28-30,35-36,45-51,53,92H2,1-9H3,(H,93,94)(H,95,115)(H,96,116)(H,97,111)(H,98,117)(H,99,113)(H,100,121)(H,101,118)(H,102,122)(H,103,114)(H,104,123)(H,105,119)(H,106,120)(H,124,125)/t57-,58-,59+,60+,68-,69-,70-,71-,72-,73-,74-,75-,77-,78-/m0/s1. The van der Waals surface area contributed by atoms with E-state index in [1.807, 2.05) is 13.8 Å². The summed E-state index contributed by atoms with van der Waals surface area (Å²) in [5, 5.41) is 83.7. The number of carboxylic acids is 1. The van der Waals surface area contributed by atoms with E-state index in [0.717, 1.165) is 32.6 Å². The van der Waals surface area contributed by atoms with Gasteiger partial charge in [0, 0.05) is 55.1 Å². The van der Waals surface area contributed by atoms with E-state index in [4.69, 9.17) is 5.73 Å². The van der Waals surface area contributed by atoms with Crippen molar-refractivity contribution in [3.63, 3.8) is 0 Å². The maximum atomic E-state index is 15.1. The maximum Gasteiger partial charge on any atom is 0.326 e. The summed E-state index contributed by atoms with van der Waals surface area (Å²) < 4.78 is 0. The van der Waals surface area contributed by atoms with Gasteiger partial charge in [-0.25, -0.2) is 9.78 Å². The lowest BCUT2D eigenvalue weighted by Crippen LogP contribution is -2.63. The lowest BCUT2D eigenvalue weighted by Gasteiger charge is -2.29. The van der Waals surface area contributed by atoms with Gasteiger partial charge in [0.1, 0.15) is 78.3 Å². The first-order chi connectivity index (χ1) is 59.6. The average Bonchev–Trinajstić information content (AvgIpc) is 1.46. The lowest BCUT2D eigenvalue weighted by atomic mass is 9.99. The Balaban J connectivity index is 1.37. The first kappa shape index (κ1) is 104. The van der Waals surface area contributed by atoms with E-state index in [2.05, 4.69) is 80.7 Å². The number of hydrogen-bond donors (Lipinski definition) is 19. The molecule has 0 saturated carbocycles. The quantitative estimate of drug-likeness (QED) is 0.0193. The summed E-state index contributed by atoms with van der Waals surface area (Å²) >= 11 is 0. The van der Waals surface area contributed by atoms with Crippen LogP contribution in [0.1, 0.15) is 223 Å². The molecule has 20 N–H and O–H groups in total. The Morgan fingerprint density at radius 3 is 1.22 bits per heavy atom. The molecule has 14 atom stereocenters. The molecule has 1 aromatic heterocycles. The van der Waals surface area contributed by atoms with Crippen LogP contribution in [0, 0.1) is 11.8 Å². The number of aliphatic hydroxyl groups is 3. The van der Waals surface area contributed by atoms with Crippen molar-refractivity contribution >= 4 is 82.6 Å². The van der Waals surface area contributed by atoms with Gasteiger partial charge in [-0.15, -0.1) is 0 Å². The summed E-state index contributed by atoms with van der Waals surface area (Å²) in [5.74, 6) is -13.3. The van der Waals surface area contributed by atoms with Crippen molar-refractivity contribution in [1.82, 2.24) is 73.8 Å². The highest BCUT2D eigenvalue weighted by molar-refractivity contribution is 6.09. The van der Waals surface area contributed by atoms with E-state index in [9.17, 15) is 87.9 Å². The Morgan fingerprint density at radius 1 is 0.384 bits per heavy atom. The SMILES string of the molecule is CCCCCCCCCCCCCCCC(=O)N[C@@H](CC(C)C)C(=O)N[C@H](C(=O)N[C@@H](Cc1ccc(O)cc1)C(=O)N[C@@H](C)C(=O)N[C@@H](Cc1ccc(C(=O)c2ccccc2)cc1)C(=O)N[C@@H](Cc1cnc[nH]1)C(=O)N[C@H](C(=O)N[C@@H](CO)C(=O)N[C@@H](Cc1ccccc1)C(=O)N[C@@H](CCCCN)C(=O)N[C@@H](C)C(=O)N[C@@H](CC(C)C)C(=O)O)[C@@H](C)O)[C@@H](C)O. The minimum absolute atomic E-state index is 0.0122. The Labute approximate surface area is 732 Å². The molecule has 0 bridgehead atoms. The second-order valence-electron chi connectivity index (χ2n) is 33.0. The number of hydrogen-bond acceptors (Lipinski definition) is 20. The summed E-state index contributed by atoms with van der Waals surface area (Å²) in [6, 6.07) is 9.71. The molecule has 12 amide bonds. The summed E-state index contributed by atoms with van der Waals surface area (Å²) in [6.07, 6.45) is 13.7. The summed E-state index contributed by atoms with van der Waals surface area (Å²) in [7, 11) is 0. The number of H-pyrrole nitrogens is 1. The third kappa shape index (κ3) is 38.3. The largest absolute Gasteiger partial charge is 0.508 e. The fourth-order valence-corrected chi connectivity index (χ4v) is 13.9. The molecule has 34 nitrogen and oxygen atoms in total. The molecule has 0 aliphatic heterocycles. The number of aliphatic hydroxyl groups excluding tert-OH is 3. The molecule has 0 spiro atoms. The van der Waals surface area contributed by atoms with Gasteiger partial charge in [-0.3, -0.25) is 62.3 Å².